The van der Waals surface area contributed by atoms with E-state index in [2.05, 4.69) is 23.8 Å². The maximum absolute atomic E-state index is 11.9. The van der Waals surface area contributed by atoms with E-state index in [4.69, 9.17) is 0 Å². The van der Waals surface area contributed by atoms with Crippen molar-refractivity contribution in [2.75, 3.05) is 0 Å². The van der Waals surface area contributed by atoms with Gasteiger partial charge in [0.05, 0.1) is 6.33 Å². The van der Waals surface area contributed by atoms with Crippen LogP contribution in [0.25, 0.3) is 0 Å². The Morgan fingerprint density at radius 3 is 2.93 bits per heavy atom. The Hall–Kier alpha value is -1.45. The number of imidazole rings is 1. The molecule has 1 aromatic heterocycles. The molecule has 0 aromatic carbocycles. The number of rotatable bonds is 1. The third-order valence-corrected chi connectivity index (χ3v) is 2.68. The van der Waals surface area contributed by atoms with Crippen LogP contribution in [-0.2, 0) is 0 Å². The predicted molar refractivity (Wildman–Crippen MR) is 58.9 cm³/mol. The molecule has 2 heterocycles. The van der Waals surface area contributed by atoms with Crippen LogP contribution in [0.2, 0.25) is 0 Å². The number of Topliss-reactive ketones (excluding diaryl/α,β-unsaturated/α-hetero) is 1. The lowest BCUT2D eigenvalue weighted by Gasteiger charge is -2.08. The molecule has 80 valence electrons. The molecule has 0 N–H and O–H groups in total. The summed E-state index contributed by atoms with van der Waals surface area (Å²) in [5.41, 5.74) is 0.518. The highest BCUT2D eigenvalue weighted by Crippen LogP contribution is 2.27. The van der Waals surface area contributed by atoms with Gasteiger partial charge in [-0.05, 0) is 20.3 Å². The van der Waals surface area contributed by atoms with Gasteiger partial charge < -0.3 is 4.57 Å². The second-order valence-electron chi connectivity index (χ2n) is 4.23. The van der Waals surface area contributed by atoms with Crippen LogP contribution in [0, 0.1) is 5.92 Å². The highest BCUT2D eigenvalue weighted by atomic mass is 16.1. The summed E-state index contributed by atoms with van der Waals surface area (Å²) in [6, 6.07) is 0.277. The van der Waals surface area contributed by atoms with Crippen LogP contribution in [0.4, 0.5) is 5.82 Å². The third-order valence-electron chi connectivity index (χ3n) is 2.68. The van der Waals surface area contributed by atoms with Crippen molar-refractivity contribution in [3.05, 3.63) is 12.0 Å². The van der Waals surface area contributed by atoms with E-state index in [1.54, 1.807) is 6.33 Å². The Bertz CT molecular complexity index is 417. The summed E-state index contributed by atoms with van der Waals surface area (Å²) in [4.78, 5) is 20.4. The Morgan fingerprint density at radius 2 is 2.27 bits per heavy atom. The fraction of sp³-hybridized carbons (Fsp3) is 0.545. The van der Waals surface area contributed by atoms with Crippen LogP contribution in [-0.4, -0.2) is 21.5 Å². The number of carbonyl (C=O) groups is 1. The molecular formula is C11H15N3O. The van der Waals surface area contributed by atoms with Gasteiger partial charge in [0.15, 0.2) is 17.3 Å². The fourth-order valence-corrected chi connectivity index (χ4v) is 1.67. The quantitative estimate of drug-likeness (QED) is 0.706. The van der Waals surface area contributed by atoms with E-state index >= 15 is 0 Å². The summed E-state index contributed by atoms with van der Waals surface area (Å²) in [7, 11) is 0. The minimum absolute atomic E-state index is 0.00878. The number of ketones is 1. The van der Waals surface area contributed by atoms with Crippen molar-refractivity contribution >= 4 is 17.8 Å². The van der Waals surface area contributed by atoms with Crippen molar-refractivity contribution in [1.29, 1.82) is 0 Å². The maximum atomic E-state index is 11.9. The topological polar surface area (TPSA) is 47.2 Å². The van der Waals surface area contributed by atoms with E-state index in [0.717, 1.165) is 0 Å². The van der Waals surface area contributed by atoms with Crippen molar-refractivity contribution < 1.29 is 4.79 Å². The highest BCUT2D eigenvalue weighted by Gasteiger charge is 2.25. The normalized spacial score (nSPS) is 20.5. The molecule has 2 rings (SSSR count). The molecule has 4 nitrogen and oxygen atoms in total. The molecule has 0 bridgehead atoms. The maximum Gasteiger partial charge on any atom is 0.188 e. The first kappa shape index (κ1) is 10.1. The van der Waals surface area contributed by atoms with Gasteiger partial charge in [0.25, 0.3) is 0 Å². The second kappa shape index (κ2) is 3.61. The number of nitrogens with zero attached hydrogens (tertiary/aromatic N) is 3. The molecule has 0 saturated carbocycles. The molecule has 0 saturated heterocycles. The summed E-state index contributed by atoms with van der Waals surface area (Å²) in [6.45, 7) is 6.02. The number of carbonyl (C=O) groups excluding carboxylic acids is 1. The van der Waals surface area contributed by atoms with Gasteiger partial charge in [0.1, 0.15) is 0 Å². The second-order valence-corrected chi connectivity index (χ2v) is 4.23. The highest BCUT2D eigenvalue weighted by molar-refractivity contribution is 6.02. The Balaban J connectivity index is 2.53. The van der Waals surface area contributed by atoms with Gasteiger partial charge in [0, 0.05) is 18.2 Å². The van der Waals surface area contributed by atoms with Crippen LogP contribution in [0.15, 0.2) is 11.3 Å². The summed E-state index contributed by atoms with van der Waals surface area (Å²) >= 11 is 0. The molecule has 0 fully saturated rings. The molecule has 0 amide bonds. The number of aromatic nitrogens is 2. The van der Waals surface area contributed by atoms with Gasteiger partial charge in [-0.3, -0.25) is 4.79 Å². The van der Waals surface area contributed by atoms with Gasteiger partial charge >= 0.3 is 0 Å². The van der Waals surface area contributed by atoms with Gasteiger partial charge in [-0.1, -0.05) is 6.92 Å². The summed E-state index contributed by atoms with van der Waals surface area (Å²) < 4.78 is 1.93. The third kappa shape index (κ3) is 1.60. The molecule has 1 aliphatic rings. The zero-order chi connectivity index (χ0) is 11.0. The zero-order valence-electron chi connectivity index (χ0n) is 9.27. The molecule has 1 atom stereocenters. The van der Waals surface area contributed by atoms with E-state index in [0.29, 0.717) is 17.9 Å². The molecule has 1 unspecified atom stereocenters. The number of hydrogen-bond donors (Lipinski definition) is 0. The summed E-state index contributed by atoms with van der Waals surface area (Å²) in [5, 5.41) is 0. The first-order valence-electron chi connectivity index (χ1n) is 5.24. The van der Waals surface area contributed by atoms with Crippen LogP contribution in [0.1, 0.15) is 43.7 Å². The van der Waals surface area contributed by atoms with E-state index in [9.17, 15) is 4.79 Å². The Morgan fingerprint density at radius 1 is 1.53 bits per heavy atom. The van der Waals surface area contributed by atoms with Crippen LogP contribution in [0.5, 0.6) is 0 Å². The minimum Gasteiger partial charge on any atom is -0.313 e. The van der Waals surface area contributed by atoms with Crippen LogP contribution in [0.3, 0.4) is 0 Å². The summed E-state index contributed by atoms with van der Waals surface area (Å²) in [6.07, 6.45) is 4.21. The van der Waals surface area contributed by atoms with Crippen molar-refractivity contribution in [3.8, 4) is 0 Å². The summed E-state index contributed by atoms with van der Waals surface area (Å²) in [5.74, 6) is 0.798. The molecule has 0 radical (unpaired) electrons. The fourth-order valence-electron chi connectivity index (χ4n) is 1.67. The lowest BCUT2D eigenvalue weighted by molar-refractivity contribution is 0.0931. The van der Waals surface area contributed by atoms with E-state index in [1.807, 2.05) is 17.7 Å². The molecule has 4 heteroatoms. The van der Waals surface area contributed by atoms with Crippen molar-refractivity contribution in [1.82, 2.24) is 9.55 Å². The standard InChI is InChI=1S/C11H15N3O/c1-7(2)14-6-13-9-10(15)8(3)4-5-12-11(9)14/h5-8H,4H2,1-3H3. The van der Waals surface area contributed by atoms with Gasteiger partial charge in [-0.15, -0.1) is 0 Å². The molecule has 0 aliphatic carbocycles. The van der Waals surface area contributed by atoms with Gasteiger partial charge in [0.2, 0.25) is 0 Å². The molecule has 15 heavy (non-hydrogen) atoms. The first-order valence-corrected chi connectivity index (χ1v) is 5.24. The van der Waals surface area contributed by atoms with E-state index in [1.165, 1.54) is 0 Å². The average Bonchev–Trinajstić information content (AvgIpc) is 2.55. The van der Waals surface area contributed by atoms with Crippen molar-refractivity contribution in [3.63, 3.8) is 0 Å². The van der Waals surface area contributed by atoms with Crippen molar-refractivity contribution in [2.24, 2.45) is 10.9 Å². The number of hydrogen-bond acceptors (Lipinski definition) is 3. The Kier molecular flexibility index (Phi) is 2.42. The first-order chi connectivity index (χ1) is 7.11. The molecule has 1 aromatic rings. The smallest absolute Gasteiger partial charge is 0.188 e. The molecular weight excluding hydrogens is 190 g/mol. The lowest BCUT2D eigenvalue weighted by atomic mass is 10.0. The van der Waals surface area contributed by atoms with Crippen LogP contribution < -0.4 is 0 Å². The van der Waals surface area contributed by atoms with Gasteiger partial charge in [-0.2, -0.15) is 0 Å². The SMILES string of the molecule is CC1CC=Nc2c(ncn2C(C)C)C1=O. The average molecular weight is 205 g/mol. The predicted octanol–water partition coefficient (Wildman–Crippen LogP) is 2.39. The monoisotopic (exact) mass is 205 g/mol. The Labute approximate surface area is 89.0 Å². The lowest BCUT2D eigenvalue weighted by Crippen LogP contribution is -2.10. The van der Waals surface area contributed by atoms with E-state index in [-0.39, 0.29) is 17.7 Å². The number of fused-ring (bicyclic) bond motifs is 1. The van der Waals surface area contributed by atoms with Gasteiger partial charge in [-0.25, -0.2) is 9.98 Å². The van der Waals surface area contributed by atoms with Crippen molar-refractivity contribution in [2.45, 2.75) is 33.2 Å². The largest absolute Gasteiger partial charge is 0.313 e. The zero-order valence-corrected chi connectivity index (χ0v) is 9.27. The molecule has 1 aliphatic heterocycles. The number of aliphatic imine (C=N–C) groups is 1. The molecule has 0 spiro atoms. The van der Waals surface area contributed by atoms with Crippen LogP contribution >= 0.6 is 0 Å². The van der Waals surface area contributed by atoms with E-state index < -0.39 is 0 Å². The minimum atomic E-state index is -0.00878.